The van der Waals surface area contributed by atoms with Gasteiger partial charge in [0.1, 0.15) is 0 Å². The molecule has 4 heteroatoms. The highest BCUT2D eigenvalue weighted by molar-refractivity contribution is 6.34. The molecule has 1 aromatic carbocycles. The molecule has 1 aliphatic rings. The summed E-state index contributed by atoms with van der Waals surface area (Å²) in [6.07, 6.45) is 3.74. The van der Waals surface area contributed by atoms with E-state index in [1.54, 1.807) is 12.1 Å². The van der Waals surface area contributed by atoms with Gasteiger partial charge in [-0.1, -0.05) is 29.8 Å². The van der Waals surface area contributed by atoms with Gasteiger partial charge in [0.15, 0.2) is 5.78 Å². The first-order valence-electron chi connectivity index (χ1n) is 8.53. The summed E-state index contributed by atoms with van der Waals surface area (Å²) in [5.74, 6) is 0.716. The molecule has 1 aliphatic heterocycles. The molecular weight excluding hydrogens is 320 g/mol. The summed E-state index contributed by atoms with van der Waals surface area (Å²) in [6, 6.07) is 13.2. The molecule has 0 saturated carbocycles. The van der Waals surface area contributed by atoms with E-state index in [2.05, 4.69) is 18.0 Å². The second-order valence-corrected chi connectivity index (χ2v) is 7.06. The van der Waals surface area contributed by atoms with Gasteiger partial charge in [-0.3, -0.25) is 9.78 Å². The number of carbonyl (C=O) groups excluding carboxylic acids is 1. The lowest BCUT2D eigenvalue weighted by molar-refractivity contribution is 0.0992. The SMILES string of the molecule is CN1CCC(Cc2cccc(CC(=O)c3ccccc3Cl)n2)CC1. The maximum absolute atomic E-state index is 12.4. The van der Waals surface area contributed by atoms with Gasteiger partial charge in [-0.15, -0.1) is 0 Å². The monoisotopic (exact) mass is 342 g/mol. The molecule has 0 amide bonds. The molecule has 0 unspecified atom stereocenters. The van der Waals surface area contributed by atoms with Gasteiger partial charge in [0, 0.05) is 17.0 Å². The first-order chi connectivity index (χ1) is 11.6. The molecule has 1 aromatic heterocycles. The standard InChI is InChI=1S/C20H23ClN2O/c1-23-11-9-15(10-12-23)13-16-5-4-6-17(22-16)14-20(24)18-7-2-3-8-19(18)21/h2-8,15H,9-14H2,1H3. The summed E-state index contributed by atoms with van der Waals surface area (Å²) in [4.78, 5) is 19.5. The highest BCUT2D eigenvalue weighted by Gasteiger charge is 2.18. The Kier molecular flexibility index (Phi) is 5.64. The van der Waals surface area contributed by atoms with Gasteiger partial charge in [-0.05, 0) is 69.6 Å². The maximum Gasteiger partial charge on any atom is 0.170 e. The fourth-order valence-corrected chi connectivity index (χ4v) is 3.49. The number of benzene rings is 1. The second kappa shape index (κ2) is 7.91. The lowest BCUT2D eigenvalue weighted by atomic mass is 9.92. The maximum atomic E-state index is 12.4. The van der Waals surface area contributed by atoms with Crippen molar-refractivity contribution in [2.24, 2.45) is 5.92 Å². The molecule has 0 aliphatic carbocycles. The van der Waals surface area contributed by atoms with Crippen LogP contribution < -0.4 is 0 Å². The molecule has 2 aromatic rings. The van der Waals surface area contributed by atoms with E-state index in [0.717, 1.165) is 30.9 Å². The lowest BCUT2D eigenvalue weighted by Gasteiger charge is -2.28. The van der Waals surface area contributed by atoms with E-state index in [0.29, 0.717) is 22.9 Å². The highest BCUT2D eigenvalue weighted by atomic mass is 35.5. The quantitative estimate of drug-likeness (QED) is 0.769. The van der Waals surface area contributed by atoms with Crippen LogP contribution in [0.15, 0.2) is 42.5 Å². The predicted molar refractivity (Wildman–Crippen MR) is 97.6 cm³/mol. The van der Waals surface area contributed by atoms with E-state index in [9.17, 15) is 4.79 Å². The summed E-state index contributed by atoms with van der Waals surface area (Å²) in [6.45, 7) is 2.32. The van der Waals surface area contributed by atoms with Crippen molar-refractivity contribution in [3.63, 3.8) is 0 Å². The van der Waals surface area contributed by atoms with Crippen LogP contribution in [0.25, 0.3) is 0 Å². The number of hydrogen-bond donors (Lipinski definition) is 0. The number of hydrogen-bond acceptors (Lipinski definition) is 3. The number of nitrogens with zero attached hydrogens (tertiary/aromatic N) is 2. The molecule has 2 heterocycles. The van der Waals surface area contributed by atoms with E-state index in [1.807, 2.05) is 24.3 Å². The first-order valence-corrected chi connectivity index (χ1v) is 8.90. The summed E-state index contributed by atoms with van der Waals surface area (Å²) in [7, 11) is 2.18. The number of rotatable bonds is 5. The van der Waals surface area contributed by atoms with Crippen molar-refractivity contribution in [3.05, 3.63) is 64.4 Å². The van der Waals surface area contributed by atoms with E-state index < -0.39 is 0 Å². The molecular formula is C20H23ClN2O. The van der Waals surface area contributed by atoms with E-state index in [4.69, 9.17) is 16.6 Å². The minimum atomic E-state index is 0.0181. The molecule has 0 N–H and O–H groups in total. The Labute approximate surface area is 148 Å². The van der Waals surface area contributed by atoms with Crippen LogP contribution in [0, 0.1) is 5.92 Å². The van der Waals surface area contributed by atoms with Gasteiger partial charge in [0.05, 0.1) is 11.4 Å². The van der Waals surface area contributed by atoms with Crippen molar-refractivity contribution >= 4 is 17.4 Å². The molecule has 0 atom stereocenters. The Bertz CT molecular complexity index is 708. The van der Waals surface area contributed by atoms with Gasteiger partial charge in [0.2, 0.25) is 0 Å². The van der Waals surface area contributed by atoms with Crippen LogP contribution in [0.3, 0.4) is 0 Å². The van der Waals surface area contributed by atoms with Gasteiger partial charge in [-0.25, -0.2) is 0 Å². The van der Waals surface area contributed by atoms with Crippen LogP contribution in [0.2, 0.25) is 5.02 Å². The normalized spacial score (nSPS) is 16.2. The molecule has 0 radical (unpaired) electrons. The van der Waals surface area contributed by atoms with E-state index in [-0.39, 0.29) is 5.78 Å². The number of aromatic nitrogens is 1. The fourth-order valence-electron chi connectivity index (χ4n) is 3.25. The van der Waals surface area contributed by atoms with Gasteiger partial charge in [0.25, 0.3) is 0 Å². The Balaban J connectivity index is 1.65. The average molecular weight is 343 g/mol. The number of piperidine rings is 1. The van der Waals surface area contributed by atoms with Crippen molar-refractivity contribution in [2.75, 3.05) is 20.1 Å². The zero-order valence-electron chi connectivity index (χ0n) is 14.0. The average Bonchev–Trinajstić information content (AvgIpc) is 2.58. The number of likely N-dealkylation sites (tertiary alicyclic amines) is 1. The van der Waals surface area contributed by atoms with Crippen LogP contribution in [0.1, 0.15) is 34.6 Å². The fraction of sp³-hybridized carbons (Fsp3) is 0.400. The van der Waals surface area contributed by atoms with Gasteiger partial charge >= 0.3 is 0 Å². The molecule has 0 bridgehead atoms. The minimum Gasteiger partial charge on any atom is -0.306 e. The smallest absolute Gasteiger partial charge is 0.170 e. The van der Waals surface area contributed by atoms with Crippen LogP contribution in [-0.2, 0) is 12.8 Å². The molecule has 24 heavy (non-hydrogen) atoms. The predicted octanol–water partition coefficient (Wildman–Crippen LogP) is 4.04. The zero-order chi connectivity index (χ0) is 16.9. The highest BCUT2D eigenvalue weighted by Crippen LogP contribution is 2.21. The molecule has 126 valence electrons. The summed E-state index contributed by atoms with van der Waals surface area (Å²) < 4.78 is 0. The van der Waals surface area contributed by atoms with Crippen molar-refractivity contribution in [1.82, 2.24) is 9.88 Å². The number of pyridine rings is 1. The van der Waals surface area contributed by atoms with Gasteiger partial charge < -0.3 is 4.90 Å². The van der Waals surface area contributed by atoms with Crippen molar-refractivity contribution in [3.8, 4) is 0 Å². The third-order valence-electron chi connectivity index (χ3n) is 4.72. The van der Waals surface area contributed by atoms with Crippen molar-refractivity contribution in [1.29, 1.82) is 0 Å². The number of Topliss-reactive ketones (excluding diaryl/α,β-unsaturated/α-hetero) is 1. The lowest BCUT2D eigenvalue weighted by Crippen LogP contribution is -2.31. The van der Waals surface area contributed by atoms with E-state index in [1.165, 1.54) is 12.8 Å². The molecule has 3 rings (SSSR count). The molecule has 1 fully saturated rings. The molecule has 1 saturated heterocycles. The minimum absolute atomic E-state index is 0.0181. The van der Waals surface area contributed by atoms with Crippen molar-refractivity contribution < 1.29 is 4.79 Å². The zero-order valence-corrected chi connectivity index (χ0v) is 14.8. The first kappa shape index (κ1) is 17.1. The third-order valence-corrected chi connectivity index (χ3v) is 5.05. The van der Waals surface area contributed by atoms with Crippen LogP contribution in [0.4, 0.5) is 0 Å². The van der Waals surface area contributed by atoms with Crippen LogP contribution in [0.5, 0.6) is 0 Å². The number of carbonyl (C=O) groups is 1. The summed E-state index contributed by atoms with van der Waals surface area (Å²) in [5, 5.41) is 0.505. The Morgan fingerprint density at radius 3 is 2.58 bits per heavy atom. The largest absolute Gasteiger partial charge is 0.306 e. The van der Waals surface area contributed by atoms with Crippen LogP contribution >= 0.6 is 11.6 Å². The van der Waals surface area contributed by atoms with Crippen molar-refractivity contribution in [2.45, 2.75) is 25.7 Å². The van der Waals surface area contributed by atoms with E-state index >= 15 is 0 Å². The second-order valence-electron chi connectivity index (χ2n) is 6.65. The van der Waals surface area contributed by atoms with Gasteiger partial charge in [-0.2, -0.15) is 0 Å². The Morgan fingerprint density at radius 2 is 1.83 bits per heavy atom. The van der Waals surface area contributed by atoms with Crippen LogP contribution in [-0.4, -0.2) is 35.8 Å². The number of ketones is 1. The Hall–Kier alpha value is -1.71. The molecule has 3 nitrogen and oxygen atoms in total. The third kappa shape index (κ3) is 4.43. The summed E-state index contributed by atoms with van der Waals surface area (Å²) >= 11 is 6.11. The Morgan fingerprint density at radius 1 is 1.12 bits per heavy atom. The number of halogens is 1. The molecule has 0 spiro atoms. The topological polar surface area (TPSA) is 33.2 Å². The summed E-state index contributed by atoms with van der Waals surface area (Å²) in [5.41, 5.74) is 2.49.